The summed E-state index contributed by atoms with van der Waals surface area (Å²) in [6.45, 7) is 5.00. The maximum Gasteiger partial charge on any atom is 0.0225 e. The molecule has 13 heavy (non-hydrogen) atoms. The van der Waals surface area contributed by atoms with E-state index in [4.69, 9.17) is 0 Å². The van der Waals surface area contributed by atoms with E-state index >= 15 is 0 Å². The first-order valence-electron chi connectivity index (χ1n) is 2.82. The number of hydrogen-bond acceptors (Lipinski definition) is 0. The summed E-state index contributed by atoms with van der Waals surface area (Å²) in [5, 5.41) is 0. The van der Waals surface area contributed by atoms with Crippen LogP contribution in [0.25, 0.3) is 6.15 Å². The van der Waals surface area contributed by atoms with Gasteiger partial charge < -0.3 is 20.5 Å². The van der Waals surface area contributed by atoms with E-state index < -0.39 is 0 Å². The molecule has 1 aromatic carbocycles. The summed E-state index contributed by atoms with van der Waals surface area (Å²) in [6.07, 6.45) is 0. The van der Waals surface area contributed by atoms with Gasteiger partial charge in [0.15, 0.2) is 0 Å². The van der Waals surface area contributed by atoms with Crippen LogP contribution in [-0.2, 0) is 0 Å². The SMILES string of the molecule is Fc1c[c-]ccc1Br.[CH2-]C.[CH3-].[Md].[NH2-]. The summed E-state index contributed by atoms with van der Waals surface area (Å²) in [5.41, 5.74) is 0. The molecule has 1 radical (unpaired) electrons. The van der Waals surface area contributed by atoms with Gasteiger partial charge in [-0.1, -0.05) is 20.4 Å². The molecule has 0 aliphatic rings. The topological polar surface area (TPSA) is 33.5 Å². The molecule has 0 aromatic heterocycles. The molecular formula is C9H13BrFMdN-4. The van der Waals surface area contributed by atoms with Crippen molar-refractivity contribution in [2.45, 2.75) is 6.92 Å². The van der Waals surface area contributed by atoms with Crippen molar-refractivity contribution in [1.29, 1.82) is 0 Å². The zero-order valence-corrected chi connectivity index (χ0v) is 11.4. The summed E-state index contributed by atoms with van der Waals surface area (Å²) in [4.78, 5) is 0. The Bertz CT molecular complexity index is 176. The van der Waals surface area contributed by atoms with Crippen molar-refractivity contribution in [2.75, 3.05) is 0 Å². The predicted octanol–water partition coefficient (Wildman–Crippen LogP) is 4.40. The Hall–Kier alpha value is -1.41. The molecule has 0 aliphatic heterocycles. The van der Waals surface area contributed by atoms with Crippen molar-refractivity contribution < 1.29 is 4.39 Å². The minimum atomic E-state index is -0.271. The molecule has 0 spiro atoms. The first kappa shape index (κ1) is 22.6. The summed E-state index contributed by atoms with van der Waals surface area (Å²) < 4.78 is 12.7. The summed E-state index contributed by atoms with van der Waals surface area (Å²) >= 11 is 3.00. The van der Waals surface area contributed by atoms with Crippen molar-refractivity contribution in [1.82, 2.24) is 0 Å². The third-order valence-corrected chi connectivity index (χ3v) is 1.41. The monoisotopic (exact) mass is 491 g/mol. The maximum atomic E-state index is 12.2. The van der Waals surface area contributed by atoms with E-state index in [0.29, 0.717) is 4.47 Å². The van der Waals surface area contributed by atoms with E-state index in [1.807, 2.05) is 0 Å². The van der Waals surface area contributed by atoms with E-state index in [1.54, 1.807) is 19.1 Å². The van der Waals surface area contributed by atoms with Gasteiger partial charge in [-0.05, 0) is 0 Å². The predicted molar refractivity (Wildman–Crippen MR) is 55.7 cm³/mol. The molecule has 0 atom stereocenters. The number of nitrogens with two attached hydrogens (primary N) is 1. The van der Waals surface area contributed by atoms with Crippen LogP contribution >= 0.6 is 15.9 Å². The zero-order chi connectivity index (χ0) is 7.98. The Morgan fingerprint density at radius 3 is 2.15 bits per heavy atom. The van der Waals surface area contributed by atoms with Crippen molar-refractivity contribution in [3.63, 3.8) is 0 Å². The van der Waals surface area contributed by atoms with Gasteiger partial charge in [0.05, 0.1) is 0 Å². The smallest absolute Gasteiger partial charge is 0.0225 e. The molecule has 0 heterocycles. The number of rotatable bonds is 0. The quantitative estimate of drug-likeness (QED) is 0.482. The van der Waals surface area contributed by atoms with Gasteiger partial charge in [0.25, 0.3) is 0 Å². The third-order valence-electron chi connectivity index (χ3n) is 0.764. The normalized spacial score (nSPS) is 6.15. The molecule has 0 bridgehead atoms. The molecule has 1 aromatic rings. The molecular weight excluding hydrogens is 479 g/mol. The molecule has 0 aliphatic carbocycles. The first-order valence-corrected chi connectivity index (χ1v) is 3.62. The third kappa shape index (κ3) is 8.50. The fourth-order valence-corrected chi connectivity index (χ4v) is 0.638. The average Bonchev–Trinajstić information content (AvgIpc) is 2.00. The van der Waals surface area contributed by atoms with E-state index in [2.05, 4.69) is 28.9 Å². The molecule has 1 nitrogen and oxygen atoms in total. The first-order chi connectivity index (χ1) is 4.80. The zero-order valence-electron chi connectivity index (χ0n) is 7.55. The molecule has 85 valence electrons. The fraction of sp³-hybridized carbons (Fsp3) is 0.111. The van der Waals surface area contributed by atoms with Gasteiger partial charge in [0, 0.05) is 5.82 Å². The number of hydrogen-bond donors (Lipinski definition) is 0. The number of benzene rings is 1. The van der Waals surface area contributed by atoms with Gasteiger partial charge in [0.1, 0.15) is 0 Å². The Kier molecular flexibility index (Phi) is 22.9. The van der Waals surface area contributed by atoms with Crippen LogP contribution in [0.2, 0.25) is 0 Å². The van der Waals surface area contributed by atoms with Gasteiger partial charge in [0.2, 0.25) is 0 Å². The van der Waals surface area contributed by atoms with E-state index in [1.165, 1.54) is 6.07 Å². The largest absolute Gasteiger partial charge is 0.693 e. The molecule has 0 amide bonds. The van der Waals surface area contributed by atoms with Crippen molar-refractivity contribution >= 4 is 15.9 Å². The van der Waals surface area contributed by atoms with Crippen LogP contribution in [-0.4, -0.2) is 0 Å². The van der Waals surface area contributed by atoms with Crippen LogP contribution in [0.1, 0.15) is 6.92 Å². The summed E-state index contributed by atoms with van der Waals surface area (Å²) in [5.74, 6) is -0.271. The maximum absolute atomic E-state index is 12.2. The number of halogens is 2. The van der Waals surface area contributed by atoms with Crippen LogP contribution < -0.4 is 0 Å². The summed E-state index contributed by atoms with van der Waals surface area (Å²) in [7, 11) is 0. The van der Waals surface area contributed by atoms with Crippen LogP contribution in [0.15, 0.2) is 22.7 Å². The Morgan fingerprint density at radius 1 is 1.46 bits per heavy atom. The second-order valence-electron chi connectivity index (χ2n) is 1.34. The van der Waals surface area contributed by atoms with Crippen LogP contribution in [0.3, 0.4) is 0 Å². The molecule has 0 fully saturated rings. The van der Waals surface area contributed by atoms with Crippen molar-refractivity contribution in [3.8, 4) is 0 Å². The molecule has 4 heteroatoms. The van der Waals surface area contributed by atoms with Gasteiger partial charge in [-0.15, -0.1) is 6.07 Å². The van der Waals surface area contributed by atoms with Gasteiger partial charge in [-0.3, -0.25) is 4.39 Å². The second kappa shape index (κ2) is 13.2. The van der Waals surface area contributed by atoms with E-state index in [9.17, 15) is 4.39 Å². The van der Waals surface area contributed by atoms with E-state index in [0.717, 1.165) is 0 Å². The molecule has 0 unspecified atom stereocenters. The van der Waals surface area contributed by atoms with Gasteiger partial charge >= 0.3 is 0 Å². The summed E-state index contributed by atoms with van der Waals surface area (Å²) in [6, 6.07) is 7.13. The van der Waals surface area contributed by atoms with Crippen molar-refractivity contribution in [2.24, 2.45) is 0 Å². The minimum absolute atomic E-state index is 0. The average molecular weight is 492 g/mol. The standard InChI is InChI=1S/C6H3BrF.C2H5.CH3.Md.H2N/c7-5-3-1-2-4-6(5)8;1-2;;;/h1,3-4H;1H2,2H3;1H3;;1H2/q3*-1;;-1. The van der Waals surface area contributed by atoms with Crippen LogP contribution in [0.4, 0.5) is 4.39 Å². The Balaban J connectivity index is -0.0000000761. The Labute approximate surface area is 82.7 Å². The Morgan fingerprint density at radius 2 is 1.92 bits per heavy atom. The molecule has 2 N–H and O–H groups in total. The molecule has 0 saturated heterocycles. The minimum Gasteiger partial charge on any atom is -0.693 e. The molecule has 1 rings (SSSR count). The molecule has 0 saturated carbocycles. The second-order valence-corrected chi connectivity index (χ2v) is 2.19. The van der Waals surface area contributed by atoms with Crippen molar-refractivity contribution in [3.05, 3.63) is 55.1 Å². The van der Waals surface area contributed by atoms with E-state index in [-0.39, 0.29) is 19.4 Å². The van der Waals surface area contributed by atoms with Crippen LogP contribution in [0, 0.1) is 26.2 Å². The van der Waals surface area contributed by atoms with Crippen LogP contribution in [0.5, 0.6) is 0 Å². The van der Waals surface area contributed by atoms with Gasteiger partial charge in [-0.2, -0.15) is 25.1 Å². The fourth-order valence-electron chi connectivity index (χ4n) is 0.391. The van der Waals surface area contributed by atoms with Gasteiger partial charge in [-0.25, -0.2) is 0 Å².